The summed E-state index contributed by atoms with van der Waals surface area (Å²) in [6.45, 7) is 2.53. The molecule has 18 heavy (non-hydrogen) atoms. The van der Waals surface area contributed by atoms with Crippen LogP contribution in [0.15, 0.2) is 6.33 Å². The molecular weight excluding hydrogens is 234 g/mol. The molecular formula is C12H17N3O3. The van der Waals surface area contributed by atoms with Crippen molar-refractivity contribution in [2.75, 3.05) is 25.1 Å². The van der Waals surface area contributed by atoms with E-state index in [9.17, 15) is 4.79 Å². The number of ether oxygens (including phenoxy) is 1. The molecule has 98 valence electrons. The van der Waals surface area contributed by atoms with Gasteiger partial charge in [0.15, 0.2) is 0 Å². The van der Waals surface area contributed by atoms with Crippen molar-refractivity contribution in [3.8, 4) is 5.88 Å². The number of carboxylic acid groups (broad SMARTS) is 1. The SMILES string of the molecule is COc1ncnc(N(CC(=O)O)CC2CC2)c1C. The van der Waals surface area contributed by atoms with E-state index in [4.69, 9.17) is 9.84 Å². The molecule has 0 spiro atoms. The lowest BCUT2D eigenvalue weighted by molar-refractivity contribution is -0.135. The number of anilines is 1. The number of carbonyl (C=O) groups is 1. The summed E-state index contributed by atoms with van der Waals surface area (Å²) in [5.41, 5.74) is 0.780. The predicted molar refractivity (Wildman–Crippen MR) is 65.9 cm³/mol. The van der Waals surface area contributed by atoms with E-state index in [2.05, 4.69) is 9.97 Å². The fourth-order valence-electron chi connectivity index (χ4n) is 1.95. The van der Waals surface area contributed by atoms with E-state index in [-0.39, 0.29) is 6.54 Å². The number of rotatable bonds is 6. The molecule has 0 amide bonds. The summed E-state index contributed by atoms with van der Waals surface area (Å²) in [5.74, 6) is 0.875. The van der Waals surface area contributed by atoms with Gasteiger partial charge in [0.25, 0.3) is 0 Å². The molecule has 0 saturated heterocycles. The molecule has 0 aromatic carbocycles. The molecule has 0 atom stereocenters. The van der Waals surface area contributed by atoms with E-state index in [1.165, 1.54) is 6.33 Å². The second-order valence-corrected chi connectivity index (χ2v) is 4.55. The molecule has 1 aromatic heterocycles. The number of aliphatic carboxylic acids is 1. The van der Waals surface area contributed by atoms with Crippen LogP contribution in [0, 0.1) is 12.8 Å². The van der Waals surface area contributed by atoms with E-state index in [0.717, 1.165) is 24.9 Å². The Balaban J connectivity index is 2.25. The summed E-state index contributed by atoms with van der Waals surface area (Å²) < 4.78 is 5.14. The Morgan fingerprint density at radius 1 is 1.56 bits per heavy atom. The number of nitrogens with zero attached hydrogens (tertiary/aromatic N) is 3. The lowest BCUT2D eigenvalue weighted by Crippen LogP contribution is -2.33. The summed E-state index contributed by atoms with van der Waals surface area (Å²) >= 11 is 0. The maximum absolute atomic E-state index is 10.9. The van der Waals surface area contributed by atoms with Crippen LogP contribution in [0.5, 0.6) is 5.88 Å². The van der Waals surface area contributed by atoms with Crippen molar-refractivity contribution in [3.63, 3.8) is 0 Å². The van der Waals surface area contributed by atoms with Gasteiger partial charge in [-0.2, -0.15) is 0 Å². The number of hydrogen-bond donors (Lipinski definition) is 1. The zero-order chi connectivity index (χ0) is 13.1. The molecule has 1 aromatic rings. The van der Waals surface area contributed by atoms with Gasteiger partial charge >= 0.3 is 5.97 Å². The first-order chi connectivity index (χ1) is 8.61. The summed E-state index contributed by atoms with van der Waals surface area (Å²) in [6, 6.07) is 0. The van der Waals surface area contributed by atoms with E-state index < -0.39 is 5.97 Å². The van der Waals surface area contributed by atoms with Crippen LogP contribution in [0.3, 0.4) is 0 Å². The van der Waals surface area contributed by atoms with Gasteiger partial charge in [-0.15, -0.1) is 0 Å². The summed E-state index contributed by atoms with van der Waals surface area (Å²) in [4.78, 5) is 20.9. The Kier molecular flexibility index (Phi) is 3.64. The highest BCUT2D eigenvalue weighted by Crippen LogP contribution is 2.32. The Hall–Kier alpha value is -1.85. The van der Waals surface area contributed by atoms with Gasteiger partial charge in [0.2, 0.25) is 5.88 Å². The number of methoxy groups -OCH3 is 1. The van der Waals surface area contributed by atoms with E-state index in [0.29, 0.717) is 17.6 Å². The van der Waals surface area contributed by atoms with Crippen molar-refractivity contribution >= 4 is 11.8 Å². The monoisotopic (exact) mass is 251 g/mol. The highest BCUT2D eigenvalue weighted by Gasteiger charge is 2.27. The maximum atomic E-state index is 10.9. The van der Waals surface area contributed by atoms with Crippen molar-refractivity contribution in [2.45, 2.75) is 19.8 Å². The molecule has 0 radical (unpaired) electrons. The summed E-state index contributed by atoms with van der Waals surface area (Å²) in [5, 5.41) is 8.98. The van der Waals surface area contributed by atoms with Gasteiger partial charge in [0.1, 0.15) is 18.7 Å². The van der Waals surface area contributed by atoms with Crippen LogP contribution < -0.4 is 9.64 Å². The van der Waals surface area contributed by atoms with Crippen LogP contribution >= 0.6 is 0 Å². The van der Waals surface area contributed by atoms with Crippen molar-refractivity contribution < 1.29 is 14.6 Å². The zero-order valence-electron chi connectivity index (χ0n) is 10.6. The highest BCUT2D eigenvalue weighted by atomic mass is 16.5. The van der Waals surface area contributed by atoms with Gasteiger partial charge < -0.3 is 14.7 Å². The number of carboxylic acids is 1. The van der Waals surface area contributed by atoms with Crippen LogP contribution in [0.2, 0.25) is 0 Å². The van der Waals surface area contributed by atoms with Gasteiger partial charge in [0, 0.05) is 6.54 Å². The third-order valence-electron chi connectivity index (χ3n) is 3.01. The fourth-order valence-corrected chi connectivity index (χ4v) is 1.95. The number of aromatic nitrogens is 2. The molecule has 1 aliphatic rings. The van der Waals surface area contributed by atoms with Crippen molar-refractivity contribution in [3.05, 3.63) is 11.9 Å². The molecule has 2 rings (SSSR count). The molecule has 1 aliphatic carbocycles. The topological polar surface area (TPSA) is 75.6 Å². The van der Waals surface area contributed by atoms with E-state index >= 15 is 0 Å². The Labute approximate surface area is 106 Å². The number of hydrogen-bond acceptors (Lipinski definition) is 5. The first kappa shape index (κ1) is 12.6. The molecule has 6 heteroatoms. The lowest BCUT2D eigenvalue weighted by atomic mass is 10.2. The van der Waals surface area contributed by atoms with Crippen molar-refractivity contribution in [1.29, 1.82) is 0 Å². The first-order valence-electron chi connectivity index (χ1n) is 5.94. The van der Waals surface area contributed by atoms with Gasteiger partial charge in [-0.1, -0.05) is 0 Å². The smallest absolute Gasteiger partial charge is 0.323 e. The molecule has 1 heterocycles. The third-order valence-corrected chi connectivity index (χ3v) is 3.01. The highest BCUT2D eigenvalue weighted by molar-refractivity contribution is 5.73. The molecule has 6 nitrogen and oxygen atoms in total. The van der Waals surface area contributed by atoms with Crippen LogP contribution in [0.25, 0.3) is 0 Å². The van der Waals surface area contributed by atoms with Gasteiger partial charge in [-0.3, -0.25) is 4.79 Å². The molecule has 0 bridgehead atoms. The summed E-state index contributed by atoms with van der Waals surface area (Å²) in [6.07, 6.45) is 3.73. The fraction of sp³-hybridized carbons (Fsp3) is 0.583. The largest absolute Gasteiger partial charge is 0.481 e. The minimum atomic E-state index is -0.854. The van der Waals surface area contributed by atoms with E-state index in [1.54, 1.807) is 12.0 Å². The van der Waals surface area contributed by atoms with Crippen molar-refractivity contribution in [1.82, 2.24) is 9.97 Å². The van der Waals surface area contributed by atoms with Crippen LogP contribution in [-0.4, -0.2) is 41.2 Å². The Morgan fingerprint density at radius 2 is 2.28 bits per heavy atom. The molecule has 1 fully saturated rings. The molecule has 1 N–H and O–H groups in total. The first-order valence-corrected chi connectivity index (χ1v) is 5.94. The van der Waals surface area contributed by atoms with Crippen molar-refractivity contribution in [2.24, 2.45) is 5.92 Å². The standard InChI is InChI=1S/C12H17N3O3/c1-8-11(13-7-14-12(8)18-2)15(6-10(16)17)5-9-3-4-9/h7,9H,3-6H2,1-2H3,(H,16,17). The minimum absolute atomic E-state index is 0.0441. The average Bonchev–Trinajstić information content (AvgIpc) is 3.12. The normalized spacial score (nSPS) is 14.3. The lowest BCUT2D eigenvalue weighted by Gasteiger charge is -2.23. The third kappa shape index (κ3) is 2.88. The average molecular weight is 251 g/mol. The zero-order valence-corrected chi connectivity index (χ0v) is 10.6. The van der Waals surface area contributed by atoms with E-state index in [1.807, 2.05) is 6.92 Å². The minimum Gasteiger partial charge on any atom is -0.481 e. The van der Waals surface area contributed by atoms with Gasteiger partial charge in [0.05, 0.1) is 12.7 Å². The van der Waals surface area contributed by atoms with Gasteiger partial charge in [-0.05, 0) is 25.7 Å². The van der Waals surface area contributed by atoms with Crippen LogP contribution in [-0.2, 0) is 4.79 Å². The molecule has 0 unspecified atom stereocenters. The Morgan fingerprint density at radius 3 is 2.83 bits per heavy atom. The molecule has 1 saturated carbocycles. The van der Waals surface area contributed by atoms with Gasteiger partial charge in [-0.25, -0.2) is 9.97 Å². The predicted octanol–water partition coefficient (Wildman–Crippen LogP) is 1.09. The maximum Gasteiger partial charge on any atom is 0.323 e. The van der Waals surface area contributed by atoms with Crippen LogP contribution in [0.4, 0.5) is 5.82 Å². The second-order valence-electron chi connectivity index (χ2n) is 4.55. The van der Waals surface area contributed by atoms with Crippen LogP contribution in [0.1, 0.15) is 18.4 Å². The quantitative estimate of drug-likeness (QED) is 0.815. The second kappa shape index (κ2) is 5.20. The Bertz CT molecular complexity index is 446. The molecule has 0 aliphatic heterocycles. The summed E-state index contributed by atoms with van der Waals surface area (Å²) in [7, 11) is 1.54.